The number of halogens is 2. The fourth-order valence-electron chi connectivity index (χ4n) is 1.28. The van der Waals surface area contributed by atoms with Crippen LogP contribution in [0.3, 0.4) is 0 Å². The van der Waals surface area contributed by atoms with E-state index in [1.165, 1.54) is 0 Å². The van der Waals surface area contributed by atoms with E-state index in [1.54, 1.807) is 0 Å². The maximum Gasteiger partial charge on any atom is 0.123 e. The Hall–Kier alpha value is -0.400. The van der Waals surface area contributed by atoms with Gasteiger partial charge < -0.3 is 4.74 Å². The zero-order chi connectivity index (χ0) is 11.1. The minimum atomic E-state index is 0.719. The summed E-state index contributed by atoms with van der Waals surface area (Å²) < 4.78 is 5.64. The van der Waals surface area contributed by atoms with Crippen LogP contribution in [0.5, 0.6) is 5.75 Å². The standard InChI is InChI=1S/C12H16Cl2O/c1-10-5-6-11(14)9-12(10)15-8-4-2-3-7-13/h5-6,9H,2-4,7-8H2,1H3. The largest absolute Gasteiger partial charge is 0.493 e. The van der Waals surface area contributed by atoms with Crippen molar-refractivity contribution < 1.29 is 4.74 Å². The molecule has 1 rings (SSSR count). The van der Waals surface area contributed by atoms with Crippen LogP contribution in [-0.4, -0.2) is 12.5 Å². The van der Waals surface area contributed by atoms with Gasteiger partial charge in [0, 0.05) is 10.9 Å². The van der Waals surface area contributed by atoms with Crippen molar-refractivity contribution in [3.63, 3.8) is 0 Å². The molecule has 0 N–H and O–H groups in total. The van der Waals surface area contributed by atoms with Crippen LogP contribution in [0.4, 0.5) is 0 Å². The quantitative estimate of drug-likeness (QED) is 0.533. The number of aryl methyl sites for hydroxylation is 1. The molecule has 0 fully saturated rings. The van der Waals surface area contributed by atoms with E-state index in [2.05, 4.69) is 0 Å². The van der Waals surface area contributed by atoms with Crippen molar-refractivity contribution in [2.45, 2.75) is 26.2 Å². The predicted octanol–water partition coefficient (Wildman–Crippen LogP) is 4.44. The SMILES string of the molecule is Cc1ccc(Cl)cc1OCCCCCCl. The Kier molecular flexibility index (Phi) is 5.89. The highest BCUT2D eigenvalue weighted by Gasteiger charge is 2.00. The molecule has 0 radical (unpaired) electrons. The topological polar surface area (TPSA) is 9.23 Å². The lowest BCUT2D eigenvalue weighted by Crippen LogP contribution is -1.98. The maximum absolute atomic E-state index is 5.88. The Balaban J connectivity index is 2.33. The highest BCUT2D eigenvalue weighted by atomic mass is 35.5. The van der Waals surface area contributed by atoms with E-state index in [0.717, 1.165) is 48.1 Å². The first-order valence-electron chi connectivity index (χ1n) is 5.19. The fraction of sp³-hybridized carbons (Fsp3) is 0.500. The summed E-state index contributed by atoms with van der Waals surface area (Å²) in [5.74, 6) is 1.62. The molecule has 15 heavy (non-hydrogen) atoms. The summed E-state index contributed by atoms with van der Waals surface area (Å²) in [6, 6.07) is 5.70. The molecule has 84 valence electrons. The Morgan fingerprint density at radius 1 is 1.20 bits per heavy atom. The lowest BCUT2D eigenvalue weighted by Gasteiger charge is -2.08. The Bertz CT molecular complexity index is 300. The minimum Gasteiger partial charge on any atom is -0.493 e. The molecule has 1 nitrogen and oxygen atoms in total. The molecule has 0 spiro atoms. The number of ether oxygens (including phenoxy) is 1. The van der Waals surface area contributed by atoms with Crippen LogP contribution in [0.25, 0.3) is 0 Å². The average molecular weight is 247 g/mol. The molecular formula is C12H16Cl2O. The summed E-state index contributed by atoms with van der Waals surface area (Å²) in [5.41, 5.74) is 1.12. The first kappa shape index (κ1) is 12.7. The Morgan fingerprint density at radius 3 is 2.73 bits per heavy atom. The molecule has 0 saturated carbocycles. The van der Waals surface area contributed by atoms with Crippen molar-refractivity contribution in [1.82, 2.24) is 0 Å². The second-order valence-corrected chi connectivity index (χ2v) is 4.32. The van der Waals surface area contributed by atoms with Crippen molar-refractivity contribution in [2.75, 3.05) is 12.5 Å². The van der Waals surface area contributed by atoms with Gasteiger partial charge >= 0.3 is 0 Å². The molecular weight excluding hydrogens is 231 g/mol. The molecule has 3 heteroatoms. The lowest BCUT2D eigenvalue weighted by molar-refractivity contribution is 0.304. The zero-order valence-corrected chi connectivity index (χ0v) is 10.4. The first-order chi connectivity index (χ1) is 7.24. The molecule has 0 heterocycles. The number of rotatable bonds is 6. The van der Waals surface area contributed by atoms with Gasteiger partial charge in [0.25, 0.3) is 0 Å². The van der Waals surface area contributed by atoms with Gasteiger partial charge in [0.05, 0.1) is 6.61 Å². The van der Waals surface area contributed by atoms with Crippen molar-refractivity contribution in [1.29, 1.82) is 0 Å². The number of unbranched alkanes of at least 4 members (excludes halogenated alkanes) is 2. The molecule has 0 aliphatic carbocycles. The van der Waals surface area contributed by atoms with Crippen molar-refractivity contribution in [3.8, 4) is 5.75 Å². The second-order valence-electron chi connectivity index (χ2n) is 3.51. The molecule has 0 unspecified atom stereocenters. The molecule has 0 aliphatic heterocycles. The smallest absolute Gasteiger partial charge is 0.123 e. The molecule has 0 aromatic heterocycles. The first-order valence-corrected chi connectivity index (χ1v) is 6.10. The summed E-state index contributed by atoms with van der Waals surface area (Å²) in [7, 11) is 0. The molecule has 0 aliphatic rings. The molecule has 0 amide bonds. The van der Waals surface area contributed by atoms with Gasteiger partial charge in [-0.15, -0.1) is 11.6 Å². The van der Waals surface area contributed by atoms with E-state index in [9.17, 15) is 0 Å². The highest BCUT2D eigenvalue weighted by Crippen LogP contribution is 2.22. The van der Waals surface area contributed by atoms with Crippen molar-refractivity contribution in [2.24, 2.45) is 0 Å². The summed E-state index contributed by atoms with van der Waals surface area (Å²) in [5, 5.41) is 0.719. The minimum absolute atomic E-state index is 0.719. The van der Waals surface area contributed by atoms with Crippen LogP contribution in [-0.2, 0) is 0 Å². The van der Waals surface area contributed by atoms with E-state index in [-0.39, 0.29) is 0 Å². The summed E-state index contributed by atoms with van der Waals surface area (Å²) in [4.78, 5) is 0. The summed E-state index contributed by atoms with van der Waals surface area (Å²) >= 11 is 11.5. The van der Waals surface area contributed by atoms with Gasteiger partial charge in [-0.1, -0.05) is 17.7 Å². The van der Waals surface area contributed by atoms with Gasteiger partial charge in [-0.25, -0.2) is 0 Å². The number of hydrogen-bond acceptors (Lipinski definition) is 1. The van der Waals surface area contributed by atoms with E-state index < -0.39 is 0 Å². The van der Waals surface area contributed by atoms with Gasteiger partial charge in [0.15, 0.2) is 0 Å². The van der Waals surface area contributed by atoms with Gasteiger partial charge in [0.1, 0.15) is 5.75 Å². The third-order valence-electron chi connectivity index (χ3n) is 2.19. The van der Waals surface area contributed by atoms with E-state index in [4.69, 9.17) is 27.9 Å². The van der Waals surface area contributed by atoms with Crippen LogP contribution in [0.2, 0.25) is 5.02 Å². The van der Waals surface area contributed by atoms with Crippen LogP contribution < -0.4 is 4.74 Å². The molecule has 1 aromatic carbocycles. The average Bonchev–Trinajstić information content (AvgIpc) is 2.23. The molecule has 1 aromatic rings. The predicted molar refractivity (Wildman–Crippen MR) is 66.3 cm³/mol. The Morgan fingerprint density at radius 2 is 2.00 bits per heavy atom. The number of hydrogen-bond donors (Lipinski definition) is 0. The van der Waals surface area contributed by atoms with Gasteiger partial charge in [0.2, 0.25) is 0 Å². The van der Waals surface area contributed by atoms with Gasteiger partial charge in [-0.3, -0.25) is 0 Å². The fourth-order valence-corrected chi connectivity index (χ4v) is 1.64. The van der Waals surface area contributed by atoms with E-state index >= 15 is 0 Å². The third kappa shape index (κ3) is 4.76. The number of alkyl halides is 1. The maximum atomic E-state index is 5.88. The van der Waals surface area contributed by atoms with Crippen molar-refractivity contribution in [3.05, 3.63) is 28.8 Å². The normalized spacial score (nSPS) is 10.3. The van der Waals surface area contributed by atoms with Crippen molar-refractivity contribution >= 4 is 23.2 Å². The van der Waals surface area contributed by atoms with E-state index in [1.807, 2.05) is 25.1 Å². The van der Waals surface area contributed by atoms with Crippen LogP contribution >= 0.6 is 23.2 Å². The molecule has 0 saturated heterocycles. The Labute approximate surface area is 101 Å². The zero-order valence-electron chi connectivity index (χ0n) is 8.93. The van der Waals surface area contributed by atoms with Crippen LogP contribution in [0.15, 0.2) is 18.2 Å². The summed E-state index contributed by atoms with van der Waals surface area (Å²) in [6.45, 7) is 2.75. The van der Waals surface area contributed by atoms with Crippen LogP contribution in [0, 0.1) is 6.92 Å². The second kappa shape index (κ2) is 6.97. The van der Waals surface area contributed by atoms with E-state index in [0.29, 0.717) is 0 Å². The highest BCUT2D eigenvalue weighted by molar-refractivity contribution is 6.30. The monoisotopic (exact) mass is 246 g/mol. The van der Waals surface area contributed by atoms with Gasteiger partial charge in [-0.2, -0.15) is 0 Å². The third-order valence-corrected chi connectivity index (χ3v) is 2.69. The molecule has 0 bridgehead atoms. The number of benzene rings is 1. The van der Waals surface area contributed by atoms with Gasteiger partial charge in [-0.05, 0) is 43.9 Å². The molecule has 0 atom stereocenters. The summed E-state index contributed by atoms with van der Waals surface area (Å²) in [6.07, 6.45) is 3.21. The van der Waals surface area contributed by atoms with Crippen LogP contribution in [0.1, 0.15) is 24.8 Å². The lowest BCUT2D eigenvalue weighted by atomic mass is 10.2.